The third-order valence-electron chi connectivity index (χ3n) is 2.53. The first-order chi connectivity index (χ1) is 6.36. The number of amides is 1. The molecule has 0 aliphatic heterocycles. The van der Waals surface area contributed by atoms with Gasteiger partial charge in [-0.05, 0) is 18.8 Å². The van der Waals surface area contributed by atoms with Crippen molar-refractivity contribution in [1.82, 2.24) is 5.43 Å². The van der Waals surface area contributed by atoms with Gasteiger partial charge in [0.25, 0.3) is 0 Å². The van der Waals surface area contributed by atoms with Crippen molar-refractivity contribution < 1.29 is 4.79 Å². The maximum atomic E-state index is 11.2. The first-order valence-electron chi connectivity index (χ1n) is 5.20. The van der Waals surface area contributed by atoms with Gasteiger partial charge in [-0.15, -0.1) is 0 Å². The van der Waals surface area contributed by atoms with Gasteiger partial charge in [-0.25, -0.2) is 5.43 Å². The van der Waals surface area contributed by atoms with E-state index in [-0.39, 0.29) is 11.8 Å². The summed E-state index contributed by atoms with van der Waals surface area (Å²) < 4.78 is 0. The second kappa shape index (κ2) is 5.78. The van der Waals surface area contributed by atoms with Crippen LogP contribution in [-0.2, 0) is 4.79 Å². The molecule has 1 unspecified atom stereocenters. The Hall–Kier alpha value is -0.860. The Morgan fingerprint density at radius 1 is 1.14 bits per heavy atom. The molecule has 14 heavy (non-hydrogen) atoms. The highest BCUT2D eigenvalue weighted by Crippen LogP contribution is 2.11. The number of hydrogen-bond acceptors (Lipinski definition) is 2. The molecule has 0 aromatic heterocycles. The monoisotopic (exact) mass is 198 g/mol. The summed E-state index contributed by atoms with van der Waals surface area (Å²) in [6.07, 6.45) is 0. The second-order valence-electron chi connectivity index (χ2n) is 4.42. The smallest absolute Gasteiger partial charge is 0.242 e. The van der Waals surface area contributed by atoms with Crippen LogP contribution in [0.2, 0.25) is 0 Å². The molecule has 0 aromatic rings. The number of hydrogen-bond donors (Lipinski definition) is 1. The Labute approximate surface area is 87.0 Å². The van der Waals surface area contributed by atoms with Crippen molar-refractivity contribution in [3.8, 4) is 0 Å². The molecule has 1 atom stereocenters. The number of carbonyl (C=O) groups is 1. The molecule has 0 saturated heterocycles. The van der Waals surface area contributed by atoms with Gasteiger partial charge in [0.15, 0.2) is 0 Å². The highest BCUT2D eigenvalue weighted by atomic mass is 16.2. The molecule has 0 radical (unpaired) electrons. The molecule has 0 spiro atoms. The van der Waals surface area contributed by atoms with E-state index in [1.165, 1.54) is 0 Å². The summed E-state index contributed by atoms with van der Waals surface area (Å²) in [5, 5.41) is 4.08. The van der Waals surface area contributed by atoms with Crippen molar-refractivity contribution >= 4 is 11.6 Å². The summed E-state index contributed by atoms with van der Waals surface area (Å²) >= 11 is 0. The summed E-state index contributed by atoms with van der Waals surface area (Å²) in [7, 11) is 0. The third kappa shape index (κ3) is 4.40. The van der Waals surface area contributed by atoms with Gasteiger partial charge in [0.1, 0.15) is 0 Å². The average molecular weight is 198 g/mol. The van der Waals surface area contributed by atoms with E-state index in [2.05, 4.69) is 31.3 Å². The van der Waals surface area contributed by atoms with Crippen LogP contribution in [0, 0.1) is 17.8 Å². The molecular formula is C11H22N2O. The lowest BCUT2D eigenvalue weighted by atomic mass is 9.94. The average Bonchev–Trinajstić information content (AvgIpc) is 2.11. The summed E-state index contributed by atoms with van der Waals surface area (Å²) in [6.45, 7) is 12.1. The normalized spacial score (nSPS) is 14.7. The van der Waals surface area contributed by atoms with Gasteiger partial charge in [-0.3, -0.25) is 4.79 Å². The molecule has 3 heteroatoms. The summed E-state index contributed by atoms with van der Waals surface area (Å²) in [5.41, 5.74) is 3.55. The van der Waals surface area contributed by atoms with Crippen molar-refractivity contribution in [3.05, 3.63) is 0 Å². The van der Waals surface area contributed by atoms with Crippen LogP contribution in [-0.4, -0.2) is 11.6 Å². The lowest BCUT2D eigenvalue weighted by Gasteiger charge is -2.15. The van der Waals surface area contributed by atoms with Crippen molar-refractivity contribution in [3.63, 3.8) is 0 Å². The van der Waals surface area contributed by atoms with E-state index in [0.29, 0.717) is 11.8 Å². The topological polar surface area (TPSA) is 41.5 Å². The Kier molecular flexibility index (Phi) is 5.43. The number of hydrazone groups is 1. The molecule has 1 amide bonds. The van der Waals surface area contributed by atoms with Crippen LogP contribution in [0.5, 0.6) is 0 Å². The fourth-order valence-corrected chi connectivity index (χ4v) is 0.857. The zero-order valence-corrected chi connectivity index (χ0v) is 10.1. The van der Waals surface area contributed by atoms with Crippen LogP contribution in [0.1, 0.15) is 41.5 Å². The molecule has 0 rings (SSSR count). The lowest BCUT2D eigenvalue weighted by Crippen LogP contribution is -2.26. The number of rotatable bonds is 4. The minimum atomic E-state index is -0.0275. The minimum absolute atomic E-state index is 0.0130. The molecule has 0 aromatic carbocycles. The van der Waals surface area contributed by atoms with Crippen molar-refractivity contribution in [2.45, 2.75) is 41.5 Å². The van der Waals surface area contributed by atoms with Crippen LogP contribution < -0.4 is 5.43 Å². The van der Waals surface area contributed by atoms with E-state index in [0.717, 1.165) is 5.71 Å². The van der Waals surface area contributed by atoms with Gasteiger partial charge in [0.05, 0.1) is 0 Å². The van der Waals surface area contributed by atoms with E-state index in [9.17, 15) is 4.79 Å². The fraction of sp³-hybridized carbons (Fsp3) is 0.818. The van der Waals surface area contributed by atoms with Gasteiger partial charge >= 0.3 is 0 Å². The predicted molar refractivity (Wildman–Crippen MR) is 60.1 cm³/mol. The molecule has 0 aliphatic carbocycles. The fourth-order valence-electron chi connectivity index (χ4n) is 0.857. The zero-order chi connectivity index (χ0) is 11.3. The maximum absolute atomic E-state index is 11.2. The van der Waals surface area contributed by atoms with Crippen molar-refractivity contribution in [2.75, 3.05) is 0 Å². The molecule has 1 N–H and O–H groups in total. The van der Waals surface area contributed by atoms with E-state index < -0.39 is 0 Å². The zero-order valence-electron chi connectivity index (χ0n) is 10.1. The molecule has 0 heterocycles. The number of carbonyl (C=O) groups excluding carboxylic acids is 1. The largest absolute Gasteiger partial charge is 0.273 e. The molecule has 0 bridgehead atoms. The summed E-state index contributed by atoms with van der Waals surface area (Å²) in [5.74, 6) is 0.915. The van der Waals surface area contributed by atoms with Gasteiger partial charge in [-0.1, -0.05) is 34.6 Å². The van der Waals surface area contributed by atoms with Crippen molar-refractivity contribution in [2.24, 2.45) is 22.9 Å². The van der Waals surface area contributed by atoms with E-state index in [1.807, 2.05) is 20.8 Å². The molecule has 82 valence electrons. The van der Waals surface area contributed by atoms with Gasteiger partial charge in [0.2, 0.25) is 5.91 Å². The Balaban J connectivity index is 4.19. The highest BCUT2D eigenvalue weighted by Gasteiger charge is 2.11. The molecule has 0 saturated carbocycles. The molecule has 3 nitrogen and oxygen atoms in total. The maximum Gasteiger partial charge on any atom is 0.242 e. The highest BCUT2D eigenvalue weighted by molar-refractivity contribution is 5.86. The number of nitrogens with zero attached hydrogens (tertiary/aromatic N) is 1. The molecule has 0 aliphatic rings. The van der Waals surface area contributed by atoms with Crippen LogP contribution in [0.4, 0.5) is 0 Å². The van der Waals surface area contributed by atoms with Gasteiger partial charge in [0, 0.05) is 11.6 Å². The molecule has 0 fully saturated rings. The van der Waals surface area contributed by atoms with Crippen LogP contribution in [0.15, 0.2) is 5.10 Å². The van der Waals surface area contributed by atoms with Crippen LogP contribution in [0.25, 0.3) is 0 Å². The standard InChI is InChI=1S/C11H22N2O/c1-7(2)9(5)10(6)12-13-11(14)8(3)4/h7-9H,1-6H3,(H,13,14). The predicted octanol–water partition coefficient (Wildman–Crippen LogP) is 2.43. The molecular weight excluding hydrogens is 176 g/mol. The first kappa shape index (κ1) is 13.1. The van der Waals surface area contributed by atoms with Crippen LogP contribution >= 0.6 is 0 Å². The van der Waals surface area contributed by atoms with Crippen LogP contribution in [0.3, 0.4) is 0 Å². The SMILES string of the molecule is CC(=NNC(=O)C(C)C)C(C)C(C)C. The van der Waals surface area contributed by atoms with Gasteiger partial charge in [-0.2, -0.15) is 5.10 Å². The first-order valence-corrected chi connectivity index (χ1v) is 5.20. The second-order valence-corrected chi connectivity index (χ2v) is 4.42. The van der Waals surface area contributed by atoms with E-state index in [1.54, 1.807) is 0 Å². The summed E-state index contributed by atoms with van der Waals surface area (Å²) in [6, 6.07) is 0. The lowest BCUT2D eigenvalue weighted by molar-refractivity contribution is -0.123. The van der Waals surface area contributed by atoms with Gasteiger partial charge < -0.3 is 0 Å². The van der Waals surface area contributed by atoms with E-state index >= 15 is 0 Å². The number of nitrogens with one attached hydrogen (secondary N) is 1. The Morgan fingerprint density at radius 2 is 1.64 bits per heavy atom. The third-order valence-corrected chi connectivity index (χ3v) is 2.53. The Morgan fingerprint density at radius 3 is 2.00 bits per heavy atom. The summed E-state index contributed by atoms with van der Waals surface area (Å²) in [4.78, 5) is 11.2. The van der Waals surface area contributed by atoms with Crippen molar-refractivity contribution in [1.29, 1.82) is 0 Å². The Bertz CT molecular complexity index is 219. The quantitative estimate of drug-likeness (QED) is 0.547. The minimum Gasteiger partial charge on any atom is -0.273 e. The van der Waals surface area contributed by atoms with E-state index in [4.69, 9.17) is 0 Å².